The predicted octanol–water partition coefficient (Wildman–Crippen LogP) is 0.764. The van der Waals surface area contributed by atoms with E-state index >= 15 is 0 Å². The van der Waals surface area contributed by atoms with Crippen molar-refractivity contribution in [1.82, 2.24) is 15.1 Å². The van der Waals surface area contributed by atoms with Crippen LogP contribution in [0.2, 0.25) is 0 Å². The van der Waals surface area contributed by atoms with Crippen LogP contribution in [0.25, 0.3) is 0 Å². The zero-order valence-corrected chi connectivity index (χ0v) is 10.2. The molecule has 0 bridgehead atoms. The molecule has 2 aliphatic heterocycles. The van der Waals surface area contributed by atoms with Gasteiger partial charge in [0.05, 0.1) is 0 Å². The Kier molecular flexibility index (Phi) is 4.00. The zero-order valence-electron chi connectivity index (χ0n) is 10.2. The van der Waals surface area contributed by atoms with Crippen LogP contribution < -0.4 is 5.32 Å². The van der Waals surface area contributed by atoms with Crippen LogP contribution in [0.5, 0.6) is 0 Å². The third-order valence-corrected chi connectivity index (χ3v) is 3.87. The Balaban J connectivity index is 1.86. The largest absolute Gasteiger partial charge is 0.314 e. The minimum Gasteiger partial charge on any atom is -0.314 e. The van der Waals surface area contributed by atoms with Gasteiger partial charge in [-0.3, -0.25) is 4.90 Å². The lowest BCUT2D eigenvalue weighted by Gasteiger charge is -2.45. The number of piperidine rings is 1. The highest BCUT2D eigenvalue weighted by atomic mass is 15.3. The van der Waals surface area contributed by atoms with Crippen LogP contribution >= 0.6 is 0 Å². The van der Waals surface area contributed by atoms with Crippen molar-refractivity contribution in [3.63, 3.8) is 0 Å². The lowest BCUT2D eigenvalue weighted by molar-refractivity contribution is 0.0572. The van der Waals surface area contributed by atoms with Gasteiger partial charge in [-0.25, -0.2) is 0 Å². The predicted molar refractivity (Wildman–Crippen MR) is 64.2 cm³/mol. The van der Waals surface area contributed by atoms with Gasteiger partial charge >= 0.3 is 0 Å². The van der Waals surface area contributed by atoms with Gasteiger partial charge in [0.15, 0.2) is 0 Å². The van der Waals surface area contributed by atoms with Crippen LogP contribution in [0.4, 0.5) is 0 Å². The molecule has 3 heteroatoms. The molecule has 0 spiro atoms. The second-order valence-electron chi connectivity index (χ2n) is 5.08. The summed E-state index contributed by atoms with van der Waals surface area (Å²) in [5, 5.41) is 3.40. The van der Waals surface area contributed by atoms with E-state index in [1.807, 2.05) is 0 Å². The molecular formula is C12H25N3. The summed E-state index contributed by atoms with van der Waals surface area (Å²) in [5.41, 5.74) is 0. The average Bonchev–Trinajstić information content (AvgIpc) is 2.16. The van der Waals surface area contributed by atoms with Crippen molar-refractivity contribution in [2.75, 3.05) is 39.8 Å². The van der Waals surface area contributed by atoms with Crippen LogP contribution in [-0.4, -0.2) is 61.7 Å². The second-order valence-corrected chi connectivity index (χ2v) is 5.08. The topological polar surface area (TPSA) is 18.5 Å². The number of rotatable bonds is 4. The molecule has 0 amide bonds. The highest BCUT2D eigenvalue weighted by Crippen LogP contribution is 2.20. The fraction of sp³-hybridized carbons (Fsp3) is 1.00. The van der Waals surface area contributed by atoms with Gasteiger partial charge in [-0.05, 0) is 45.9 Å². The minimum atomic E-state index is 0.832. The molecule has 88 valence electrons. The van der Waals surface area contributed by atoms with E-state index in [4.69, 9.17) is 0 Å². The molecule has 0 radical (unpaired) electrons. The number of nitrogens with one attached hydrogen (secondary N) is 1. The molecule has 15 heavy (non-hydrogen) atoms. The quantitative estimate of drug-likeness (QED) is 0.741. The molecule has 0 aromatic carbocycles. The Morgan fingerprint density at radius 2 is 1.87 bits per heavy atom. The van der Waals surface area contributed by atoms with Gasteiger partial charge in [0, 0.05) is 25.2 Å². The fourth-order valence-corrected chi connectivity index (χ4v) is 2.76. The molecular weight excluding hydrogens is 186 g/mol. The molecule has 2 rings (SSSR count). The van der Waals surface area contributed by atoms with Crippen molar-refractivity contribution in [3.05, 3.63) is 0 Å². The second kappa shape index (κ2) is 5.28. The first kappa shape index (κ1) is 11.4. The number of likely N-dealkylation sites (tertiary alicyclic amines) is 1. The molecule has 3 nitrogen and oxygen atoms in total. The van der Waals surface area contributed by atoms with Gasteiger partial charge in [-0.2, -0.15) is 0 Å². The smallest absolute Gasteiger partial charge is 0.0348 e. The summed E-state index contributed by atoms with van der Waals surface area (Å²) in [7, 11) is 2.24. The summed E-state index contributed by atoms with van der Waals surface area (Å²) in [6.07, 6.45) is 4.03. The molecule has 0 aromatic heterocycles. The van der Waals surface area contributed by atoms with Gasteiger partial charge in [0.25, 0.3) is 0 Å². The highest BCUT2D eigenvalue weighted by Gasteiger charge is 2.31. The first-order chi connectivity index (χ1) is 7.31. The van der Waals surface area contributed by atoms with Crippen molar-refractivity contribution >= 4 is 0 Å². The maximum atomic E-state index is 3.40. The third-order valence-electron chi connectivity index (χ3n) is 3.87. The number of hydrogen-bond acceptors (Lipinski definition) is 3. The third kappa shape index (κ3) is 2.71. The highest BCUT2D eigenvalue weighted by molar-refractivity contribution is 4.90. The van der Waals surface area contributed by atoms with Gasteiger partial charge in [-0.15, -0.1) is 0 Å². The normalized spacial score (nSPS) is 25.8. The fourth-order valence-electron chi connectivity index (χ4n) is 2.76. The van der Waals surface area contributed by atoms with Crippen LogP contribution in [0.3, 0.4) is 0 Å². The molecule has 0 aromatic rings. The van der Waals surface area contributed by atoms with Gasteiger partial charge < -0.3 is 10.2 Å². The summed E-state index contributed by atoms with van der Waals surface area (Å²) in [5.74, 6) is 0. The Labute approximate surface area is 93.8 Å². The monoisotopic (exact) mass is 211 g/mol. The number of nitrogens with zero attached hydrogens (tertiary/aromatic N) is 2. The van der Waals surface area contributed by atoms with Gasteiger partial charge in [0.1, 0.15) is 0 Å². The summed E-state index contributed by atoms with van der Waals surface area (Å²) in [6.45, 7) is 8.59. The molecule has 1 N–H and O–H groups in total. The molecule has 0 saturated carbocycles. The summed E-state index contributed by atoms with van der Waals surface area (Å²) in [4.78, 5) is 5.23. The number of hydrogen-bond donors (Lipinski definition) is 1. The van der Waals surface area contributed by atoms with E-state index in [2.05, 4.69) is 29.1 Å². The molecule has 0 aliphatic carbocycles. The zero-order chi connectivity index (χ0) is 10.7. The van der Waals surface area contributed by atoms with Crippen molar-refractivity contribution in [1.29, 1.82) is 0 Å². The van der Waals surface area contributed by atoms with Crippen molar-refractivity contribution in [2.24, 2.45) is 0 Å². The van der Waals surface area contributed by atoms with E-state index in [-0.39, 0.29) is 0 Å². The van der Waals surface area contributed by atoms with Crippen LogP contribution in [0.15, 0.2) is 0 Å². The Hall–Kier alpha value is -0.120. The SMILES string of the molecule is CCCN(C1CCN(C)CC1)C1CNC1. The lowest BCUT2D eigenvalue weighted by atomic mass is 9.99. The first-order valence-electron chi connectivity index (χ1n) is 6.46. The summed E-state index contributed by atoms with van der Waals surface area (Å²) < 4.78 is 0. The Morgan fingerprint density at radius 3 is 2.33 bits per heavy atom. The standard InChI is InChI=1S/C12H25N3/c1-3-6-15(12-9-13-10-12)11-4-7-14(2)8-5-11/h11-13H,3-10H2,1-2H3. The molecule has 2 saturated heterocycles. The first-order valence-corrected chi connectivity index (χ1v) is 6.46. The van der Waals surface area contributed by atoms with Gasteiger partial charge in [0.2, 0.25) is 0 Å². The minimum absolute atomic E-state index is 0.832. The van der Waals surface area contributed by atoms with E-state index in [0.29, 0.717) is 0 Å². The van der Waals surface area contributed by atoms with Crippen molar-refractivity contribution < 1.29 is 0 Å². The van der Waals surface area contributed by atoms with E-state index in [1.54, 1.807) is 0 Å². The molecule has 2 aliphatic rings. The van der Waals surface area contributed by atoms with Gasteiger partial charge in [-0.1, -0.05) is 6.92 Å². The van der Waals surface area contributed by atoms with E-state index in [0.717, 1.165) is 12.1 Å². The van der Waals surface area contributed by atoms with E-state index in [9.17, 15) is 0 Å². The van der Waals surface area contributed by atoms with Crippen LogP contribution in [0.1, 0.15) is 26.2 Å². The Bertz CT molecular complexity index is 183. The van der Waals surface area contributed by atoms with Crippen LogP contribution in [-0.2, 0) is 0 Å². The van der Waals surface area contributed by atoms with Crippen molar-refractivity contribution in [2.45, 2.75) is 38.3 Å². The summed E-state index contributed by atoms with van der Waals surface area (Å²) in [6, 6.07) is 1.69. The average molecular weight is 211 g/mol. The maximum absolute atomic E-state index is 3.40. The van der Waals surface area contributed by atoms with E-state index in [1.165, 1.54) is 52.0 Å². The Morgan fingerprint density at radius 1 is 1.20 bits per heavy atom. The maximum Gasteiger partial charge on any atom is 0.0348 e. The van der Waals surface area contributed by atoms with E-state index < -0.39 is 0 Å². The van der Waals surface area contributed by atoms with Crippen molar-refractivity contribution in [3.8, 4) is 0 Å². The molecule has 2 heterocycles. The lowest BCUT2D eigenvalue weighted by Crippen LogP contribution is -2.61. The molecule has 2 fully saturated rings. The molecule has 0 atom stereocenters. The van der Waals surface area contributed by atoms with Crippen LogP contribution in [0, 0.1) is 0 Å². The summed E-state index contributed by atoms with van der Waals surface area (Å²) >= 11 is 0. The molecule has 0 unspecified atom stereocenters.